The molecule has 9 heteroatoms. The predicted octanol–water partition coefficient (Wildman–Crippen LogP) is 2.71. The summed E-state index contributed by atoms with van der Waals surface area (Å²) in [6.07, 6.45) is -1.08. The maximum atomic E-state index is 12.9. The van der Waals surface area contributed by atoms with Crippen molar-refractivity contribution in [3.63, 3.8) is 0 Å². The van der Waals surface area contributed by atoms with Crippen LogP contribution in [-0.2, 0) is 13.2 Å². The van der Waals surface area contributed by atoms with E-state index in [1.165, 1.54) is 18.5 Å². The predicted molar refractivity (Wildman–Crippen MR) is 92.2 cm³/mol. The molecule has 0 saturated carbocycles. The van der Waals surface area contributed by atoms with Gasteiger partial charge in [-0.2, -0.15) is 18.3 Å². The number of benzene rings is 1. The van der Waals surface area contributed by atoms with E-state index >= 15 is 0 Å². The van der Waals surface area contributed by atoms with Gasteiger partial charge in [0.05, 0.1) is 17.1 Å². The lowest BCUT2D eigenvalue weighted by atomic mass is 10.1. The van der Waals surface area contributed by atoms with Crippen LogP contribution in [0.4, 0.5) is 24.7 Å². The van der Waals surface area contributed by atoms with Gasteiger partial charge in [-0.1, -0.05) is 6.07 Å². The molecule has 0 atom stereocenters. The molecular formula is C17H17F3N6. The minimum atomic E-state index is -4.33. The van der Waals surface area contributed by atoms with Gasteiger partial charge in [-0.25, -0.2) is 9.97 Å². The Kier molecular flexibility index (Phi) is 3.93. The molecule has 136 valence electrons. The Bertz CT molecular complexity index is 928. The van der Waals surface area contributed by atoms with Crippen LogP contribution in [0, 0.1) is 0 Å². The van der Waals surface area contributed by atoms with Crippen LogP contribution in [-0.4, -0.2) is 45.9 Å². The molecule has 0 bridgehead atoms. The van der Waals surface area contributed by atoms with Crippen molar-refractivity contribution >= 4 is 22.5 Å². The van der Waals surface area contributed by atoms with Crippen LogP contribution in [0.2, 0.25) is 0 Å². The number of alkyl halides is 3. The van der Waals surface area contributed by atoms with Gasteiger partial charge in [0.15, 0.2) is 5.65 Å². The molecule has 3 aromatic rings. The quantitative estimate of drug-likeness (QED) is 0.702. The van der Waals surface area contributed by atoms with Crippen LogP contribution < -0.4 is 9.80 Å². The normalized spacial score (nSPS) is 15.7. The van der Waals surface area contributed by atoms with Gasteiger partial charge in [-0.3, -0.25) is 4.68 Å². The molecule has 1 aliphatic heterocycles. The van der Waals surface area contributed by atoms with E-state index in [9.17, 15) is 13.2 Å². The lowest BCUT2D eigenvalue weighted by Gasteiger charge is -2.37. The first kappa shape index (κ1) is 16.6. The molecule has 1 aliphatic rings. The molecule has 6 nitrogen and oxygen atoms in total. The molecule has 26 heavy (non-hydrogen) atoms. The zero-order valence-corrected chi connectivity index (χ0v) is 14.1. The van der Waals surface area contributed by atoms with E-state index in [1.54, 1.807) is 16.9 Å². The van der Waals surface area contributed by atoms with E-state index in [4.69, 9.17) is 0 Å². The molecule has 0 amide bonds. The lowest BCUT2D eigenvalue weighted by molar-refractivity contribution is -0.137. The maximum absolute atomic E-state index is 12.9. The summed E-state index contributed by atoms with van der Waals surface area (Å²) in [4.78, 5) is 12.7. The summed E-state index contributed by atoms with van der Waals surface area (Å²) in [5.74, 6) is 0.812. The highest BCUT2D eigenvalue weighted by Gasteiger charge is 2.31. The van der Waals surface area contributed by atoms with Gasteiger partial charge in [0.1, 0.15) is 12.1 Å². The summed E-state index contributed by atoms with van der Waals surface area (Å²) >= 11 is 0. The molecule has 0 unspecified atom stereocenters. The van der Waals surface area contributed by atoms with Crippen LogP contribution in [0.15, 0.2) is 36.8 Å². The number of rotatable bonds is 2. The SMILES string of the molecule is Cn1ncc2c(N3CCN(c4cccc(C(F)(F)F)c4)CC3)ncnc21. The van der Waals surface area contributed by atoms with Gasteiger partial charge >= 0.3 is 6.18 Å². The zero-order chi connectivity index (χ0) is 18.3. The molecule has 4 rings (SSSR count). The van der Waals surface area contributed by atoms with Crippen molar-refractivity contribution < 1.29 is 13.2 Å². The van der Waals surface area contributed by atoms with Crippen molar-refractivity contribution in [3.8, 4) is 0 Å². The van der Waals surface area contributed by atoms with Crippen LogP contribution in [0.25, 0.3) is 11.0 Å². The summed E-state index contributed by atoms with van der Waals surface area (Å²) in [5.41, 5.74) is 0.731. The number of fused-ring (bicyclic) bond motifs is 1. The highest BCUT2D eigenvalue weighted by Crippen LogP contribution is 2.32. The molecule has 2 aromatic heterocycles. The Hall–Kier alpha value is -2.84. The highest BCUT2D eigenvalue weighted by atomic mass is 19.4. The van der Waals surface area contributed by atoms with Crippen LogP contribution in [0.3, 0.4) is 0 Å². The van der Waals surface area contributed by atoms with E-state index in [-0.39, 0.29) is 0 Å². The van der Waals surface area contributed by atoms with Gasteiger partial charge in [0.2, 0.25) is 0 Å². The van der Waals surface area contributed by atoms with Crippen LogP contribution in [0.5, 0.6) is 0 Å². The third-order valence-corrected chi connectivity index (χ3v) is 4.63. The summed E-state index contributed by atoms with van der Waals surface area (Å²) in [7, 11) is 1.82. The molecular weight excluding hydrogens is 345 g/mol. The average Bonchev–Trinajstić information content (AvgIpc) is 3.03. The first-order valence-corrected chi connectivity index (χ1v) is 8.23. The Morgan fingerprint density at radius 1 is 1.00 bits per heavy atom. The number of nitrogens with zero attached hydrogens (tertiary/aromatic N) is 6. The van der Waals surface area contributed by atoms with Gasteiger partial charge in [-0.15, -0.1) is 0 Å². The molecule has 0 radical (unpaired) electrons. The van der Waals surface area contributed by atoms with Crippen LogP contribution in [0.1, 0.15) is 5.56 Å². The Balaban J connectivity index is 1.52. The minimum Gasteiger partial charge on any atom is -0.368 e. The second-order valence-corrected chi connectivity index (χ2v) is 6.22. The Morgan fingerprint density at radius 2 is 1.73 bits per heavy atom. The van der Waals surface area contributed by atoms with E-state index in [1.807, 2.05) is 11.9 Å². The highest BCUT2D eigenvalue weighted by molar-refractivity contribution is 5.86. The summed E-state index contributed by atoms with van der Waals surface area (Å²) in [6, 6.07) is 5.47. The molecule has 3 heterocycles. The number of piperazine rings is 1. The zero-order valence-electron chi connectivity index (χ0n) is 14.1. The van der Waals surface area contributed by atoms with Crippen molar-refractivity contribution in [2.45, 2.75) is 6.18 Å². The molecule has 1 saturated heterocycles. The van der Waals surface area contributed by atoms with Crippen LogP contribution >= 0.6 is 0 Å². The molecule has 1 fully saturated rings. The minimum absolute atomic E-state index is 0.591. The number of halogens is 3. The van der Waals surface area contributed by atoms with Gasteiger partial charge in [0, 0.05) is 38.9 Å². The first-order valence-electron chi connectivity index (χ1n) is 8.23. The third-order valence-electron chi connectivity index (χ3n) is 4.63. The second-order valence-electron chi connectivity index (χ2n) is 6.22. The number of hydrogen-bond acceptors (Lipinski definition) is 5. The van der Waals surface area contributed by atoms with Gasteiger partial charge in [-0.05, 0) is 18.2 Å². The summed E-state index contributed by atoms with van der Waals surface area (Å²) in [6.45, 7) is 2.56. The number of anilines is 2. The topological polar surface area (TPSA) is 50.1 Å². The van der Waals surface area contributed by atoms with Crippen molar-refractivity contribution in [1.29, 1.82) is 0 Å². The van der Waals surface area contributed by atoms with Gasteiger partial charge < -0.3 is 9.80 Å². The van der Waals surface area contributed by atoms with E-state index in [2.05, 4.69) is 20.0 Å². The first-order chi connectivity index (χ1) is 12.4. The number of aromatic nitrogens is 4. The average molecular weight is 362 g/mol. The lowest BCUT2D eigenvalue weighted by Crippen LogP contribution is -2.47. The monoisotopic (exact) mass is 362 g/mol. The molecule has 0 aliphatic carbocycles. The Morgan fingerprint density at radius 3 is 2.46 bits per heavy atom. The van der Waals surface area contributed by atoms with Crippen molar-refractivity contribution in [1.82, 2.24) is 19.7 Å². The molecule has 1 aromatic carbocycles. The summed E-state index contributed by atoms with van der Waals surface area (Å²) in [5, 5.41) is 5.09. The number of hydrogen-bond donors (Lipinski definition) is 0. The van der Waals surface area contributed by atoms with E-state index < -0.39 is 11.7 Å². The standard InChI is InChI=1S/C17H17F3N6/c1-24-15-14(10-23-24)16(22-11-21-15)26-7-5-25(6-8-26)13-4-2-3-12(9-13)17(18,19)20/h2-4,9-11H,5-8H2,1H3. The fourth-order valence-electron chi connectivity index (χ4n) is 3.26. The smallest absolute Gasteiger partial charge is 0.368 e. The van der Waals surface area contributed by atoms with E-state index in [0.717, 1.165) is 22.9 Å². The number of aryl methyl sites for hydroxylation is 1. The van der Waals surface area contributed by atoms with E-state index in [0.29, 0.717) is 31.9 Å². The Labute approximate surface area is 147 Å². The van der Waals surface area contributed by atoms with Crippen molar-refractivity contribution in [2.75, 3.05) is 36.0 Å². The van der Waals surface area contributed by atoms with Gasteiger partial charge in [0.25, 0.3) is 0 Å². The fourth-order valence-corrected chi connectivity index (χ4v) is 3.26. The second kappa shape index (κ2) is 6.15. The summed E-state index contributed by atoms with van der Waals surface area (Å²) < 4.78 is 40.5. The fraction of sp³-hybridized carbons (Fsp3) is 0.353. The third kappa shape index (κ3) is 2.93. The van der Waals surface area contributed by atoms with Crippen molar-refractivity contribution in [2.24, 2.45) is 7.05 Å². The van der Waals surface area contributed by atoms with Crippen molar-refractivity contribution in [3.05, 3.63) is 42.4 Å². The maximum Gasteiger partial charge on any atom is 0.416 e. The largest absolute Gasteiger partial charge is 0.416 e. The molecule has 0 N–H and O–H groups in total. The molecule has 0 spiro atoms.